The summed E-state index contributed by atoms with van der Waals surface area (Å²) >= 11 is 0. The summed E-state index contributed by atoms with van der Waals surface area (Å²) < 4.78 is 52.4. The Morgan fingerprint density at radius 1 is 1.06 bits per heavy atom. The molecule has 0 bridgehead atoms. The average molecular weight is 441 g/mol. The molecule has 3 aromatic heterocycles. The largest absolute Gasteiger partial charge is 0.389 e. The van der Waals surface area contributed by atoms with E-state index in [0.717, 1.165) is 16.8 Å². The van der Waals surface area contributed by atoms with Crippen molar-refractivity contribution in [3.8, 4) is 22.5 Å². The first kappa shape index (κ1) is 21.7. The third-order valence-electron chi connectivity index (χ3n) is 5.14. The number of ketones is 1. The molecule has 0 saturated heterocycles. The maximum absolute atomic E-state index is 13.5. The van der Waals surface area contributed by atoms with Crippen LogP contribution in [-0.4, -0.2) is 26.3 Å². The van der Waals surface area contributed by atoms with E-state index >= 15 is 0 Å². The van der Waals surface area contributed by atoms with Crippen molar-refractivity contribution in [2.45, 2.75) is 32.4 Å². The SMILES string of the molecule is Cc1nc(-c2ccn3c(-c4cccc(CC(=O)CCC(F)(F)F)c4)cnc3c2)ccc1F. The topological polar surface area (TPSA) is 47.3 Å². The van der Waals surface area contributed by atoms with Gasteiger partial charge in [0.05, 0.1) is 29.7 Å². The molecule has 0 aliphatic carbocycles. The highest BCUT2D eigenvalue weighted by molar-refractivity contribution is 5.81. The van der Waals surface area contributed by atoms with E-state index in [9.17, 15) is 22.4 Å². The molecule has 4 nitrogen and oxygen atoms in total. The first-order chi connectivity index (χ1) is 15.2. The van der Waals surface area contributed by atoms with Gasteiger partial charge in [-0.15, -0.1) is 0 Å². The quantitative estimate of drug-likeness (QED) is 0.347. The van der Waals surface area contributed by atoms with E-state index in [4.69, 9.17) is 0 Å². The summed E-state index contributed by atoms with van der Waals surface area (Å²) in [6.45, 7) is 1.60. The molecule has 0 radical (unpaired) electrons. The van der Waals surface area contributed by atoms with Gasteiger partial charge < -0.3 is 0 Å². The number of hydrogen-bond donors (Lipinski definition) is 0. The number of carbonyl (C=O) groups excluding carboxylic acids is 1. The first-order valence-corrected chi connectivity index (χ1v) is 9.98. The second-order valence-corrected chi connectivity index (χ2v) is 7.58. The molecule has 0 amide bonds. The van der Waals surface area contributed by atoms with Crippen molar-refractivity contribution in [2.24, 2.45) is 0 Å². The molecule has 4 aromatic rings. The number of aromatic nitrogens is 3. The number of pyridine rings is 2. The molecule has 0 fully saturated rings. The highest BCUT2D eigenvalue weighted by Crippen LogP contribution is 2.26. The Morgan fingerprint density at radius 3 is 2.62 bits per heavy atom. The van der Waals surface area contributed by atoms with E-state index in [1.807, 2.05) is 28.8 Å². The molecule has 0 N–H and O–H groups in total. The minimum atomic E-state index is -4.34. The first-order valence-electron chi connectivity index (χ1n) is 9.98. The Labute approximate surface area is 181 Å². The molecule has 8 heteroatoms. The Morgan fingerprint density at radius 2 is 1.88 bits per heavy atom. The summed E-state index contributed by atoms with van der Waals surface area (Å²) in [5.74, 6) is -0.820. The van der Waals surface area contributed by atoms with Gasteiger partial charge in [0.25, 0.3) is 0 Å². The van der Waals surface area contributed by atoms with E-state index < -0.39 is 24.8 Å². The standard InChI is InChI=1S/C24H19F4N3O/c1-15-20(25)5-6-21(30-15)17-8-10-31-22(14-29-23(31)13-17)18-4-2-3-16(11-18)12-19(32)7-9-24(26,27)28/h2-6,8,10-11,13-14H,7,9,12H2,1H3. The van der Waals surface area contributed by atoms with Crippen LogP contribution < -0.4 is 0 Å². The predicted molar refractivity (Wildman–Crippen MR) is 113 cm³/mol. The van der Waals surface area contributed by atoms with Crippen molar-refractivity contribution in [1.29, 1.82) is 0 Å². The number of Topliss-reactive ketones (excluding diaryl/α,β-unsaturated/α-hetero) is 1. The number of fused-ring (bicyclic) bond motifs is 1. The second kappa shape index (κ2) is 8.53. The Balaban J connectivity index is 1.58. The van der Waals surface area contributed by atoms with Gasteiger partial charge >= 0.3 is 6.18 Å². The number of carbonyl (C=O) groups is 1. The van der Waals surface area contributed by atoms with Crippen molar-refractivity contribution < 1.29 is 22.4 Å². The average Bonchev–Trinajstić information content (AvgIpc) is 3.17. The molecule has 0 aliphatic rings. The number of rotatable bonds is 6. The van der Waals surface area contributed by atoms with Gasteiger partial charge in [0.15, 0.2) is 0 Å². The van der Waals surface area contributed by atoms with Crippen LogP contribution in [0.1, 0.15) is 24.1 Å². The molecule has 0 aliphatic heterocycles. The lowest BCUT2D eigenvalue weighted by atomic mass is 10.0. The molecule has 0 spiro atoms. The van der Waals surface area contributed by atoms with Crippen LogP contribution in [0.2, 0.25) is 0 Å². The van der Waals surface area contributed by atoms with E-state index in [0.29, 0.717) is 22.6 Å². The van der Waals surface area contributed by atoms with Crippen molar-refractivity contribution >= 4 is 11.4 Å². The summed E-state index contributed by atoms with van der Waals surface area (Å²) in [7, 11) is 0. The summed E-state index contributed by atoms with van der Waals surface area (Å²) in [5.41, 5.74) is 4.62. The molecule has 0 atom stereocenters. The number of nitrogens with zero attached hydrogens (tertiary/aromatic N) is 3. The smallest absolute Gasteiger partial charge is 0.300 e. The minimum Gasteiger partial charge on any atom is -0.300 e. The second-order valence-electron chi connectivity index (χ2n) is 7.58. The van der Waals surface area contributed by atoms with Crippen LogP contribution in [0, 0.1) is 12.7 Å². The summed E-state index contributed by atoms with van der Waals surface area (Å²) in [5, 5.41) is 0. The van der Waals surface area contributed by atoms with Crippen LogP contribution in [0.3, 0.4) is 0 Å². The van der Waals surface area contributed by atoms with Gasteiger partial charge in [0, 0.05) is 30.2 Å². The molecule has 1 aromatic carbocycles. The van der Waals surface area contributed by atoms with E-state index in [-0.39, 0.29) is 12.2 Å². The number of hydrogen-bond acceptors (Lipinski definition) is 3. The van der Waals surface area contributed by atoms with Gasteiger partial charge in [-0.05, 0) is 42.8 Å². The molecule has 164 valence electrons. The number of halogens is 4. The highest BCUT2D eigenvalue weighted by atomic mass is 19.4. The molecular formula is C24H19F4N3O. The maximum atomic E-state index is 13.5. The van der Waals surface area contributed by atoms with Crippen LogP contribution in [0.15, 0.2) is 60.9 Å². The fourth-order valence-corrected chi connectivity index (χ4v) is 3.50. The van der Waals surface area contributed by atoms with Gasteiger partial charge in [0.2, 0.25) is 0 Å². The Kier molecular flexibility index (Phi) is 5.78. The molecule has 4 rings (SSSR count). The van der Waals surface area contributed by atoms with Crippen molar-refractivity contribution in [3.63, 3.8) is 0 Å². The Bertz CT molecular complexity index is 1290. The number of imidazole rings is 1. The molecular weight excluding hydrogens is 422 g/mol. The lowest BCUT2D eigenvalue weighted by Gasteiger charge is -2.08. The van der Waals surface area contributed by atoms with E-state index in [2.05, 4.69) is 9.97 Å². The van der Waals surface area contributed by atoms with E-state index in [1.165, 1.54) is 6.07 Å². The van der Waals surface area contributed by atoms with Crippen molar-refractivity contribution in [2.75, 3.05) is 0 Å². The number of benzene rings is 1. The van der Waals surface area contributed by atoms with E-state index in [1.54, 1.807) is 37.4 Å². The van der Waals surface area contributed by atoms with Gasteiger partial charge in [-0.1, -0.05) is 18.2 Å². The summed E-state index contributed by atoms with van der Waals surface area (Å²) in [6, 6.07) is 13.8. The number of aryl methyl sites for hydroxylation is 1. The van der Waals surface area contributed by atoms with Gasteiger partial charge in [-0.2, -0.15) is 13.2 Å². The predicted octanol–water partition coefficient (Wildman–Crippen LogP) is 5.96. The van der Waals surface area contributed by atoms with Gasteiger partial charge in [-0.3, -0.25) is 14.2 Å². The molecule has 0 unspecified atom stereocenters. The number of alkyl halides is 3. The zero-order chi connectivity index (χ0) is 22.9. The van der Waals surface area contributed by atoms with Crippen molar-refractivity contribution in [3.05, 3.63) is 78.0 Å². The van der Waals surface area contributed by atoms with Gasteiger partial charge in [-0.25, -0.2) is 9.37 Å². The third kappa shape index (κ3) is 4.85. The summed E-state index contributed by atoms with van der Waals surface area (Å²) in [4.78, 5) is 20.6. The normalized spacial score (nSPS) is 11.8. The fraction of sp³-hybridized carbons (Fsp3) is 0.208. The van der Waals surface area contributed by atoms with Gasteiger partial charge in [0.1, 0.15) is 17.2 Å². The lowest BCUT2D eigenvalue weighted by molar-refractivity contribution is -0.143. The summed E-state index contributed by atoms with van der Waals surface area (Å²) in [6.07, 6.45) is -2.51. The van der Waals surface area contributed by atoms with Crippen LogP contribution >= 0.6 is 0 Å². The van der Waals surface area contributed by atoms with Crippen LogP contribution in [-0.2, 0) is 11.2 Å². The zero-order valence-electron chi connectivity index (χ0n) is 17.2. The lowest BCUT2D eigenvalue weighted by Crippen LogP contribution is -2.12. The van der Waals surface area contributed by atoms with Crippen LogP contribution in [0.4, 0.5) is 17.6 Å². The minimum absolute atomic E-state index is 0.0552. The van der Waals surface area contributed by atoms with Crippen molar-refractivity contribution in [1.82, 2.24) is 14.4 Å². The molecule has 32 heavy (non-hydrogen) atoms. The zero-order valence-corrected chi connectivity index (χ0v) is 17.2. The highest BCUT2D eigenvalue weighted by Gasteiger charge is 2.27. The molecule has 0 saturated carbocycles. The van der Waals surface area contributed by atoms with Crippen LogP contribution in [0.25, 0.3) is 28.2 Å². The molecule has 3 heterocycles. The Hall–Kier alpha value is -3.55. The maximum Gasteiger partial charge on any atom is 0.389 e. The fourth-order valence-electron chi connectivity index (χ4n) is 3.50. The van der Waals surface area contributed by atoms with Crippen LogP contribution in [0.5, 0.6) is 0 Å². The monoisotopic (exact) mass is 441 g/mol. The third-order valence-corrected chi connectivity index (χ3v) is 5.14.